The van der Waals surface area contributed by atoms with Gasteiger partial charge in [-0.05, 0) is 76.5 Å². The van der Waals surface area contributed by atoms with E-state index in [1.54, 1.807) is 0 Å². The van der Waals surface area contributed by atoms with Crippen molar-refractivity contribution in [2.75, 3.05) is 11.9 Å². The molecule has 2 aromatic rings. The molecule has 32 heavy (non-hydrogen) atoms. The number of nitrogens with one attached hydrogen (secondary N) is 1. The fraction of sp³-hybridized carbons (Fsp3) is 0.720. The molecule has 2 aromatic heterocycles. The summed E-state index contributed by atoms with van der Waals surface area (Å²) in [6, 6.07) is 0.310. The van der Waals surface area contributed by atoms with Crippen molar-refractivity contribution in [3.63, 3.8) is 0 Å². The van der Waals surface area contributed by atoms with Crippen LogP contribution in [0.2, 0.25) is 0 Å². The molecule has 2 aliphatic carbocycles. The second-order valence-electron chi connectivity index (χ2n) is 9.80. The summed E-state index contributed by atoms with van der Waals surface area (Å²) >= 11 is 0. The lowest BCUT2D eigenvalue weighted by Crippen LogP contribution is -2.23. The van der Waals surface area contributed by atoms with Crippen LogP contribution >= 0.6 is 0 Å². The van der Waals surface area contributed by atoms with Crippen LogP contribution in [0.1, 0.15) is 89.5 Å². The first-order valence-corrected chi connectivity index (χ1v) is 12.4. The third kappa shape index (κ3) is 5.67. The smallest absolute Gasteiger partial charge is 0.224 e. The molecule has 2 aliphatic rings. The summed E-state index contributed by atoms with van der Waals surface area (Å²) in [6.45, 7) is 4.94. The average Bonchev–Trinajstić information content (AvgIpc) is 2.79. The minimum Gasteiger partial charge on any atom is -0.477 e. The van der Waals surface area contributed by atoms with Gasteiger partial charge in [0.2, 0.25) is 11.8 Å². The largest absolute Gasteiger partial charge is 0.477 e. The van der Waals surface area contributed by atoms with E-state index in [1.165, 1.54) is 0 Å². The molecule has 0 aromatic carbocycles. The third-order valence-corrected chi connectivity index (χ3v) is 7.12. The molecule has 0 spiro atoms. The van der Waals surface area contributed by atoms with Crippen LogP contribution in [0.5, 0.6) is 5.88 Å². The number of aromatic nitrogens is 3. The first-order chi connectivity index (χ1) is 15.5. The number of aliphatic hydroxyl groups excluding tert-OH is 2. The van der Waals surface area contributed by atoms with E-state index in [2.05, 4.69) is 29.1 Å². The molecule has 2 fully saturated rings. The Morgan fingerprint density at radius 2 is 1.69 bits per heavy atom. The van der Waals surface area contributed by atoms with Gasteiger partial charge >= 0.3 is 0 Å². The van der Waals surface area contributed by atoms with Gasteiger partial charge in [0.25, 0.3) is 0 Å². The van der Waals surface area contributed by atoms with Gasteiger partial charge in [0.05, 0.1) is 29.7 Å². The number of rotatable bonds is 8. The first kappa shape index (κ1) is 23.2. The second-order valence-corrected chi connectivity index (χ2v) is 9.80. The second kappa shape index (κ2) is 10.8. The van der Waals surface area contributed by atoms with Gasteiger partial charge in [-0.2, -0.15) is 0 Å². The molecule has 4 rings (SSSR count). The minimum atomic E-state index is -0.191. The van der Waals surface area contributed by atoms with Crippen LogP contribution in [0.4, 0.5) is 5.95 Å². The Morgan fingerprint density at radius 1 is 1.00 bits per heavy atom. The predicted molar refractivity (Wildman–Crippen MR) is 126 cm³/mol. The number of nitrogens with zero attached hydrogens (tertiary/aromatic N) is 3. The van der Waals surface area contributed by atoms with E-state index >= 15 is 0 Å². The molecular formula is C25H38N4O3. The van der Waals surface area contributed by atoms with Gasteiger partial charge in [-0.1, -0.05) is 13.3 Å². The highest BCUT2D eigenvalue weighted by molar-refractivity contribution is 5.86. The summed E-state index contributed by atoms with van der Waals surface area (Å²) in [4.78, 5) is 14.2. The van der Waals surface area contributed by atoms with E-state index < -0.39 is 0 Å². The lowest BCUT2D eigenvalue weighted by Gasteiger charge is -2.27. The van der Waals surface area contributed by atoms with Crippen molar-refractivity contribution in [1.82, 2.24) is 15.0 Å². The van der Waals surface area contributed by atoms with Gasteiger partial charge in [-0.3, -0.25) is 0 Å². The highest BCUT2D eigenvalue weighted by atomic mass is 16.5. The molecule has 3 N–H and O–H groups in total. The molecule has 7 nitrogen and oxygen atoms in total. The Hall–Kier alpha value is -1.99. The van der Waals surface area contributed by atoms with Gasteiger partial charge in [-0.25, -0.2) is 15.0 Å². The lowest BCUT2D eigenvalue weighted by molar-refractivity contribution is 0.0911. The van der Waals surface area contributed by atoms with Gasteiger partial charge in [0, 0.05) is 24.0 Å². The first-order valence-electron chi connectivity index (χ1n) is 12.4. The monoisotopic (exact) mass is 442 g/mol. The molecule has 7 heteroatoms. The Balaban J connectivity index is 1.59. The molecule has 176 valence electrons. The standard InChI is InChI=1S/C25H38N4O3/c1-3-4-16(2)28-25-27-14-22-23(29-25)21(18-7-11-20(31)12-8-18)13-26-24(22)32-15-17-5-9-19(30)10-6-17/h13-14,16-20,30-31H,3-12,15H2,1-2H3,(H,27,28,29). The van der Waals surface area contributed by atoms with Crippen LogP contribution in [-0.2, 0) is 0 Å². The molecule has 0 amide bonds. The van der Waals surface area contributed by atoms with Crippen LogP contribution in [0.3, 0.4) is 0 Å². The molecular weight excluding hydrogens is 404 g/mol. The Labute approximate surface area is 191 Å². The summed E-state index contributed by atoms with van der Waals surface area (Å²) in [7, 11) is 0. The van der Waals surface area contributed by atoms with Crippen LogP contribution in [0, 0.1) is 5.92 Å². The van der Waals surface area contributed by atoms with E-state index in [4.69, 9.17) is 9.72 Å². The molecule has 0 bridgehead atoms. The maximum Gasteiger partial charge on any atom is 0.224 e. The van der Waals surface area contributed by atoms with E-state index in [1.807, 2.05) is 12.4 Å². The van der Waals surface area contributed by atoms with Gasteiger partial charge < -0.3 is 20.3 Å². The SMILES string of the molecule is CCCC(C)Nc1ncc2c(OCC3CCC(O)CC3)ncc(C3CCC(O)CC3)c2n1. The molecule has 0 saturated heterocycles. The van der Waals surface area contributed by atoms with Gasteiger partial charge in [0.15, 0.2) is 0 Å². The fourth-order valence-electron chi connectivity index (χ4n) is 5.12. The summed E-state index contributed by atoms with van der Waals surface area (Å²) in [5, 5.41) is 24.0. The average molecular weight is 443 g/mol. The number of pyridine rings is 1. The zero-order chi connectivity index (χ0) is 22.5. The molecule has 2 saturated carbocycles. The van der Waals surface area contributed by atoms with E-state index in [-0.39, 0.29) is 12.2 Å². The highest BCUT2D eigenvalue weighted by Crippen LogP contribution is 2.38. The predicted octanol–water partition coefficient (Wildman–Crippen LogP) is 4.57. The zero-order valence-corrected chi connectivity index (χ0v) is 19.5. The number of aliphatic hydroxyl groups is 2. The van der Waals surface area contributed by atoms with Gasteiger partial charge in [-0.15, -0.1) is 0 Å². The zero-order valence-electron chi connectivity index (χ0n) is 19.5. The van der Waals surface area contributed by atoms with Crippen molar-refractivity contribution in [1.29, 1.82) is 0 Å². The maximum absolute atomic E-state index is 9.95. The number of fused-ring (bicyclic) bond motifs is 1. The Morgan fingerprint density at radius 3 is 2.38 bits per heavy atom. The number of anilines is 1. The summed E-state index contributed by atoms with van der Waals surface area (Å²) in [5.41, 5.74) is 2.05. The van der Waals surface area contributed by atoms with Crippen molar-refractivity contribution < 1.29 is 14.9 Å². The normalized spacial score (nSPS) is 27.2. The van der Waals surface area contributed by atoms with Crippen molar-refractivity contribution in [3.8, 4) is 5.88 Å². The molecule has 1 unspecified atom stereocenters. The van der Waals surface area contributed by atoms with Crippen LogP contribution in [-0.4, -0.2) is 50.0 Å². The van der Waals surface area contributed by atoms with E-state index in [9.17, 15) is 10.2 Å². The Bertz CT molecular complexity index is 877. The van der Waals surface area contributed by atoms with Crippen LogP contribution < -0.4 is 10.1 Å². The quantitative estimate of drug-likeness (QED) is 0.550. The van der Waals surface area contributed by atoms with E-state index in [0.717, 1.165) is 80.7 Å². The molecule has 1 atom stereocenters. The Kier molecular flexibility index (Phi) is 7.79. The van der Waals surface area contributed by atoms with Crippen molar-refractivity contribution >= 4 is 16.9 Å². The van der Waals surface area contributed by atoms with Crippen LogP contribution in [0.15, 0.2) is 12.4 Å². The minimum absolute atomic E-state index is 0.159. The summed E-state index contributed by atoms with van der Waals surface area (Å²) in [6.07, 6.45) is 12.8. The maximum atomic E-state index is 9.95. The summed E-state index contributed by atoms with van der Waals surface area (Å²) < 4.78 is 6.18. The van der Waals surface area contributed by atoms with Crippen LogP contribution in [0.25, 0.3) is 10.9 Å². The van der Waals surface area contributed by atoms with E-state index in [0.29, 0.717) is 36.3 Å². The molecule has 2 heterocycles. The fourth-order valence-corrected chi connectivity index (χ4v) is 5.12. The summed E-state index contributed by atoms with van der Waals surface area (Å²) in [5.74, 6) is 2.04. The number of hydrogen-bond acceptors (Lipinski definition) is 7. The van der Waals surface area contributed by atoms with Gasteiger partial charge in [0.1, 0.15) is 0 Å². The van der Waals surface area contributed by atoms with Crippen molar-refractivity contribution in [2.45, 2.75) is 102 Å². The molecule has 0 radical (unpaired) electrons. The highest BCUT2D eigenvalue weighted by Gasteiger charge is 2.25. The van der Waals surface area contributed by atoms with Crippen molar-refractivity contribution in [2.24, 2.45) is 5.92 Å². The van der Waals surface area contributed by atoms with Crippen molar-refractivity contribution in [3.05, 3.63) is 18.0 Å². The number of hydrogen-bond donors (Lipinski definition) is 3. The topological polar surface area (TPSA) is 100 Å². The molecule has 0 aliphatic heterocycles. The lowest BCUT2D eigenvalue weighted by atomic mass is 9.83. The third-order valence-electron chi connectivity index (χ3n) is 7.12. The number of ether oxygens (including phenoxy) is 1.